The van der Waals surface area contributed by atoms with E-state index < -0.39 is 0 Å². The number of carbonyl (C=O) groups is 1. The normalized spacial score (nSPS) is 34.5. The van der Waals surface area contributed by atoms with Gasteiger partial charge in [0, 0.05) is 11.8 Å². The Morgan fingerprint density at radius 2 is 1.35 bits per heavy atom. The number of hydrogen-bond donors (Lipinski definition) is 0. The zero-order valence-electron chi connectivity index (χ0n) is 11.8. The molecule has 2 fully saturated rings. The van der Waals surface area contributed by atoms with Crippen LogP contribution in [-0.4, -0.2) is 5.78 Å². The first kappa shape index (κ1) is 13.1. The second-order valence-electron chi connectivity index (χ2n) is 7.30. The van der Waals surface area contributed by atoms with Crippen LogP contribution in [0.2, 0.25) is 0 Å². The van der Waals surface area contributed by atoms with E-state index in [1.54, 1.807) is 0 Å². The molecule has 2 aliphatic rings. The highest BCUT2D eigenvalue weighted by Crippen LogP contribution is 2.41. The molecule has 0 amide bonds. The van der Waals surface area contributed by atoms with E-state index in [9.17, 15) is 4.79 Å². The summed E-state index contributed by atoms with van der Waals surface area (Å²) in [6.45, 7) is 7.01. The Morgan fingerprint density at radius 3 is 1.88 bits per heavy atom. The van der Waals surface area contributed by atoms with Gasteiger partial charge < -0.3 is 0 Å². The lowest BCUT2D eigenvalue weighted by atomic mass is 9.68. The van der Waals surface area contributed by atoms with E-state index in [1.807, 2.05) is 0 Å². The predicted octanol–water partition coefficient (Wildman–Crippen LogP) is 4.60. The molecular formula is C16H28O. The summed E-state index contributed by atoms with van der Waals surface area (Å²) < 4.78 is 0. The SMILES string of the molecule is CC1CCC(C(=O)C2CCC(C)(C)CC2)CC1. The van der Waals surface area contributed by atoms with E-state index in [-0.39, 0.29) is 0 Å². The third kappa shape index (κ3) is 3.33. The molecule has 0 spiro atoms. The molecule has 0 radical (unpaired) electrons. The van der Waals surface area contributed by atoms with E-state index in [0.717, 1.165) is 18.8 Å². The third-order valence-electron chi connectivity index (χ3n) is 5.16. The Bertz CT molecular complexity index is 261. The second kappa shape index (κ2) is 5.12. The Kier molecular flexibility index (Phi) is 3.95. The van der Waals surface area contributed by atoms with Crippen LogP contribution in [0.3, 0.4) is 0 Å². The first-order valence-corrected chi connectivity index (χ1v) is 7.52. The molecule has 0 unspecified atom stereocenters. The smallest absolute Gasteiger partial charge is 0.139 e. The van der Waals surface area contributed by atoms with Crippen molar-refractivity contribution >= 4 is 5.78 Å². The summed E-state index contributed by atoms with van der Waals surface area (Å²) in [5, 5.41) is 0. The maximum Gasteiger partial charge on any atom is 0.139 e. The van der Waals surface area contributed by atoms with E-state index in [1.165, 1.54) is 38.5 Å². The van der Waals surface area contributed by atoms with Gasteiger partial charge in [0.2, 0.25) is 0 Å². The van der Waals surface area contributed by atoms with Crippen LogP contribution in [0.4, 0.5) is 0 Å². The van der Waals surface area contributed by atoms with Crippen molar-refractivity contribution < 1.29 is 4.79 Å². The van der Waals surface area contributed by atoms with Crippen molar-refractivity contribution in [2.24, 2.45) is 23.2 Å². The van der Waals surface area contributed by atoms with Gasteiger partial charge in [-0.15, -0.1) is 0 Å². The number of ketones is 1. The molecule has 0 atom stereocenters. The molecule has 0 aliphatic heterocycles. The Hall–Kier alpha value is -0.330. The molecule has 98 valence electrons. The second-order valence-corrected chi connectivity index (χ2v) is 7.30. The average Bonchev–Trinajstić information content (AvgIpc) is 2.29. The predicted molar refractivity (Wildman–Crippen MR) is 71.9 cm³/mol. The Balaban J connectivity index is 1.84. The van der Waals surface area contributed by atoms with Crippen LogP contribution < -0.4 is 0 Å². The Labute approximate surface area is 106 Å². The van der Waals surface area contributed by atoms with Crippen molar-refractivity contribution in [1.29, 1.82) is 0 Å². The topological polar surface area (TPSA) is 17.1 Å². The molecule has 2 rings (SSSR count). The number of carbonyl (C=O) groups excluding carboxylic acids is 1. The average molecular weight is 236 g/mol. The summed E-state index contributed by atoms with van der Waals surface area (Å²) in [6.07, 6.45) is 9.66. The molecule has 0 aromatic heterocycles. The zero-order chi connectivity index (χ0) is 12.5. The fraction of sp³-hybridized carbons (Fsp3) is 0.938. The molecule has 0 N–H and O–H groups in total. The van der Waals surface area contributed by atoms with Crippen molar-refractivity contribution in [3.63, 3.8) is 0 Å². The molecule has 2 saturated carbocycles. The quantitative estimate of drug-likeness (QED) is 0.685. The van der Waals surface area contributed by atoms with Crippen LogP contribution in [0.15, 0.2) is 0 Å². The summed E-state index contributed by atoms with van der Waals surface area (Å²) in [4.78, 5) is 12.5. The first-order chi connectivity index (χ1) is 7.98. The van der Waals surface area contributed by atoms with Crippen molar-refractivity contribution in [2.45, 2.75) is 72.1 Å². The van der Waals surface area contributed by atoms with Gasteiger partial charge in [-0.05, 0) is 49.9 Å². The highest BCUT2D eigenvalue weighted by atomic mass is 16.1. The molecule has 0 saturated heterocycles. The first-order valence-electron chi connectivity index (χ1n) is 7.52. The van der Waals surface area contributed by atoms with Crippen LogP contribution in [0.1, 0.15) is 72.1 Å². The van der Waals surface area contributed by atoms with Gasteiger partial charge in [0.05, 0.1) is 0 Å². The highest BCUT2D eigenvalue weighted by molar-refractivity contribution is 5.83. The minimum atomic E-state index is 0.404. The van der Waals surface area contributed by atoms with Crippen LogP contribution >= 0.6 is 0 Å². The minimum Gasteiger partial charge on any atom is -0.299 e. The number of hydrogen-bond acceptors (Lipinski definition) is 1. The van der Waals surface area contributed by atoms with Crippen molar-refractivity contribution in [3.05, 3.63) is 0 Å². The maximum absolute atomic E-state index is 12.5. The van der Waals surface area contributed by atoms with Crippen LogP contribution in [0.5, 0.6) is 0 Å². The molecule has 0 aromatic carbocycles. The summed E-state index contributed by atoms with van der Waals surface area (Å²) in [7, 11) is 0. The fourth-order valence-corrected chi connectivity index (χ4v) is 3.56. The van der Waals surface area contributed by atoms with Crippen LogP contribution in [-0.2, 0) is 4.79 Å². The standard InChI is InChI=1S/C16H28O/c1-12-4-6-13(7-5-12)15(17)14-8-10-16(2,3)11-9-14/h12-14H,4-11H2,1-3H3. The van der Waals surface area contributed by atoms with Gasteiger partial charge in [0.15, 0.2) is 0 Å². The van der Waals surface area contributed by atoms with Gasteiger partial charge in [0.1, 0.15) is 5.78 Å². The number of Topliss-reactive ketones (excluding diaryl/α,β-unsaturated/α-hetero) is 1. The fourth-order valence-electron chi connectivity index (χ4n) is 3.56. The lowest BCUT2D eigenvalue weighted by molar-refractivity contribution is -0.129. The molecule has 1 nitrogen and oxygen atoms in total. The molecule has 17 heavy (non-hydrogen) atoms. The van der Waals surface area contributed by atoms with Gasteiger partial charge in [0.25, 0.3) is 0 Å². The third-order valence-corrected chi connectivity index (χ3v) is 5.16. The van der Waals surface area contributed by atoms with Gasteiger partial charge in [-0.1, -0.05) is 33.6 Å². The van der Waals surface area contributed by atoms with E-state index in [0.29, 0.717) is 23.0 Å². The zero-order valence-corrected chi connectivity index (χ0v) is 11.8. The summed E-state index contributed by atoms with van der Waals surface area (Å²) in [5.41, 5.74) is 0.484. The minimum absolute atomic E-state index is 0.404. The van der Waals surface area contributed by atoms with Crippen LogP contribution in [0, 0.1) is 23.2 Å². The van der Waals surface area contributed by atoms with Crippen molar-refractivity contribution in [1.82, 2.24) is 0 Å². The molecule has 2 aliphatic carbocycles. The maximum atomic E-state index is 12.5. The van der Waals surface area contributed by atoms with Gasteiger partial charge in [-0.25, -0.2) is 0 Å². The molecule has 1 heteroatoms. The lowest BCUT2D eigenvalue weighted by Gasteiger charge is -2.36. The van der Waals surface area contributed by atoms with Crippen molar-refractivity contribution in [2.75, 3.05) is 0 Å². The van der Waals surface area contributed by atoms with Crippen molar-refractivity contribution in [3.8, 4) is 0 Å². The highest BCUT2D eigenvalue weighted by Gasteiger charge is 2.34. The van der Waals surface area contributed by atoms with E-state index in [2.05, 4.69) is 20.8 Å². The van der Waals surface area contributed by atoms with E-state index in [4.69, 9.17) is 0 Å². The molecule has 0 aromatic rings. The van der Waals surface area contributed by atoms with Gasteiger partial charge >= 0.3 is 0 Å². The number of rotatable bonds is 2. The Morgan fingerprint density at radius 1 is 0.882 bits per heavy atom. The summed E-state index contributed by atoms with van der Waals surface area (Å²) in [6, 6.07) is 0. The van der Waals surface area contributed by atoms with E-state index >= 15 is 0 Å². The summed E-state index contributed by atoms with van der Waals surface area (Å²) >= 11 is 0. The summed E-state index contributed by atoms with van der Waals surface area (Å²) in [5.74, 6) is 2.29. The van der Waals surface area contributed by atoms with Crippen LogP contribution in [0.25, 0.3) is 0 Å². The molecule has 0 bridgehead atoms. The monoisotopic (exact) mass is 236 g/mol. The van der Waals surface area contributed by atoms with Gasteiger partial charge in [-0.3, -0.25) is 4.79 Å². The lowest BCUT2D eigenvalue weighted by Crippen LogP contribution is -2.31. The molecular weight excluding hydrogens is 208 g/mol. The molecule has 0 heterocycles. The van der Waals surface area contributed by atoms with Gasteiger partial charge in [-0.2, -0.15) is 0 Å². The largest absolute Gasteiger partial charge is 0.299 e.